The number of hydrogen-bond donors (Lipinski definition) is 0. The highest BCUT2D eigenvalue weighted by Crippen LogP contribution is 2.24. The fourth-order valence-electron chi connectivity index (χ4n) is 4.29. The largest absolute Gasteiger partial charge is 0.415 e. The molecule has 4 aliphatic rings. The highest BCUT2D eigenvalue weighted by molar-refractivity contribution is 5.73. The van der Waals surface area contributed by atoms with Crippen molar-refractivity contribution in [2.24, 2.45) is 0 Å². The molecule has 1 aromatic carbocycles. The Bertz CT molecular complexity index is 677. The molecule has 7 heteroatoms. The monoisotopic (exact) mass is 372 g/mol. The van der Waals surface area contributed by atoms with E-state index in [-0.39, 0.29) is 12.0 Å². The molecule has 4 saturated heterocycles. The molecule has 0 N–H and O–H groups in total. The van der Waals surface area contributed by atoms with Crippen molar-refractivity contribution < 1.29 is 14.3 Å². The van der Waals surface area contributed by atoms with Crippen LogP contribution in [-0.4, -0.2) is 85.1 Å². The van der Waals surface area contributed by atoms with Gasteiger partial charge in [-0.25, -0.2) is 4.79 Å². The van der Waals surface area contributed by atoms with Gasteiger partial charge in [-0.1, -0.05) is 0 Å². The molecule has 0 unspecified atom stereocenters. The van der Waals surface area contributed by atoms with E-state index in [9.17, 15) is 9.59 Å². The Kier molecular flexibility index (Phi) is 5.20. The van der Waals surface area contributed by atoms with Crippen LogP contribution < -0.4 is 9.64 Å². The van der Waals surface area contributed by atoms with Gasteiger partial charge in [-0.3, -0.25) is 4.79 Å². The number of benzene rings is 1. The van der Waals surface area contributed by atoms with Gasteiger partial charge in [-0.15, -0.1) is 0 Å². The first-order chi connectivity index (χ1) is 13.1. The number of rotatable bonds is 2. The third-order valence-corrected chi connectivity index (χ3v) is 6.02. The van der Waals surface area contributed by atoms with Gasteiger partial charge in [0.2, 0.25) is 5.91 Å². The third-order valence-electron chi connectivity index (χ3n) is 6.02. The molecular weight excluding hydrogens is 344 g/mol. The maximum absolute atomic E-state index is 12.6. The summed E-state index contributed by atoms with van der Waals surface area (Å²) in [5.41, 5.74) is 1.10. The lowest BCUT2D eigenvalue weighted by Gasteiger charge is -2.35. The Morgan fingerprint density at radius 3 is 2.19 bits per heavy atom. The fraction of sp³-hybridized carbons (Fsp3) is 0.600. The summed E-state index contributed by atoms with van der Waals surface area (Å²) in [6, 6.07) is 8.03. The minimum Gasteiger partial charge on any atom is -0.410 e. The molecule has 0 atom stereocenters. The minimum atomic E-state index is -0.230. The molecule has 4 aliphatic heterocycles. The average Bonchev–Trinajstić information content (AvgIpc) is 3.03. The van der Waals surface area contributed by atoms with Crippen molar-refractivity contribution in [3.8, 4) is 5.75 Å². The van der Waals surface area contributed by atoms with E-state index >= 15 is 0 Å². The molecule has 27 heavy (non-hydrogen) atoms. The molecule has 0 aromatic heterocycles. The number of carbonyl (C=O) groups is 2. The standard InChI is InChI=1S/C20H28N4O3/c1-16(25)22-11-13-23(14-12-22)17-2-4-19(5-3-17)27-20(26)24-15-10-21-8-6-18(24)7-9-21/h2-5,18H,6-15H2,1H3. The maximum Gasteiger partial charge on any atom is 0.415 e. The SMILES string of the molecule is CC(=O)N1CCN(c2ccc(OC(=O)N3CCN4CCC3CC4)cc2)CC1. The Hall–Kier alpha value is -2.28. The topological polar surface area (TPSA) is 56.3 Å². The smallest absolute Gasteiger partial charge is 0.410 e. The number of ether oxygens (including phenoxy) is 1. The number of anilines is 1. The van der Waals surface area contributed by atoms with Crippen LogP contribution in [0.5, 0.6) is 5.75 Å². The molecule has 4 fully saturated rings. The molecule has 0 radical (unpaired) electrons. The molecule has 146 valence electrons. The lowest BCUT2D eigenvalue weighted by molar-refractivity contribution is -0.129. The number of carbonyl (C=O) groups excluding carboxylic acids is 2. The zero-order chi connectivity index (χ0) is 18.8. The Labute approximate surface area is 160 Å². The van der Waals surface area contributed by atoms with Gasteiger partial charge in [0.15, 0.2) is 0 Å². The maximum atomic E-state index is 12.6. The van der Waals surface area contributed by atoms with E-state index in [0.717, 1.165) is 70.9 Å². The second kappa shape index (κ2) is 7.76. The van der Waals surface area contributed by atoms with E-state index in [1.807, 2.05) is 34.1 Å². The molecule has 0 spiro atoms. The van der Waals surface area contributed by atoms with Crippen LogP contribution in [0.1, 0.15) is 19.8 Å². The van der Waals surface area contributed by atoms with Crippen molar-refractivity contribution in [3.63, 3.8) is 0 Å². The van der Waals surface area contributed by atoms with Crippen molar-refractivity contribution in [1.29, 1.82) is 0 Å². The summed E-state index contributed by atoms with van der Waals surface area (Å²) in [4.78, 5) is 32.5. The van der Waals surface area contributed by atoms with Gasteiger partial charge < -0.3 is 24.3 Å². The van der Waals surface area contributed by atoms with Crippen LogP contribution in [0.2, 0.25) is 0 Å². The van der Waals surface area contributed by atoms with Crippen LogP contribution in [0.25, 0.3) is 0 Å². The number of hydrogen-bond acceptors (Lipinski definition) is 5. The predicted octanol–water partition coefficient (Wildman–Crippen LogP) is 1.63. The van der Waals surface area contributed by atoms with Gasteiger partial charge in [-0.2, -0.15) is 0 Å². The highest BCUT2D eigenvalue weighted by Gasteiger charge is 2.33. The lowest BCUT2D eigenvalue weighted by atomic mass is 10.1. The summed E-state index contributed by atoms with van der Waals surface area (Å²) in [6.45, 7) is 8.62. The molecule has 0 saturated carbocycles. The summed E-state index contributed by atoms with van der Waals surface area (Å²) < 4.78 is 5.65. The zero-order valence-electron chi connectivity index (χ0n) is 16.0. The number of amides is 2. The molecule has 1 aromatic rings. The molecule has 2 amide bonds. The molecule has 0 aliphatic carbocycles. The van der Waals surface area contributed by atoms with Crippen LogP contribution in [0.4, 0.5) is 10.5 Å². The number of piperidine rings is 1. The fourth-order valence-corrected chi connectivity index (χ4v) is 4.29. The Morgan fingerprint density at radius 2 is 1.56 bits per heavy atom. The van der Waals surface area contributed by atoms with E-state index < -0.39 is 0 Å². The normalized spacial score (nSPS) is 25.3. The van der Waals surface area contributed by atoms with E-state index in [1.165, 1.54) is 0 Å². The first-order valence-corrected chi connectivity index (χ1v) is 9.91. The van der Waals surface area contributed by atoms with E-state index in [0.29, 0.717) is 11.8 Å². The molecule has 7 nitrogen and oxygen atoms in total. The van der Waals surface area contributed by atoms with Crippen molar-refractivity contribution in [2.75, 3.05) is 57.3 Å². The summed E-state index contributed by atoms with van der Waals surface area (Å²) in [6.07, 6.45) is 1.85. The van der Waals surface area contributed by atoms with Crippen molar-refractivity contribution in [1.82, 2.24) is 14.7 Å². The summed E-state index contributed by atoms with van der Waals surface area (Å²) in [5, 5.41) is 0. The van der Waals surface area contributed by atoms with Gasteiger partial charge in [0.1, 0.15) is 5.75 Å². The van der Waals surface area contributed by atoms with Crippen LogP contribution >= 0.6 is 0 Å². The lowest BCUT2D eigenvalue weighted by Crippen LogP contribution is -2.48. The zero-order valence-corrected chi connectivity index (χ0v) is 16.0. The minimum absolute atomic E-state index is 0.135. The van der Waals surface area contributed by atoms with Crippen molar-refractivity contribution in [3.05, 3.63) is 24.3 Å². The summed E-state index contributed by atoms with van der Waals surface area (Å²) in [7, 11) is 0. The van der Waals surface area contributed by atoms with E-state index in [4.69, 9.17) is 4.74 Å². The second-order valence-corrected chi connectivity index (χ2v) is 7.62. The Morgan fingerprint density at radius 1 is 0.889 bits per heavy atom. The summed E-state index contributed by atoms with van der Waals surface area (Å²) >= 11 is 0. The quantitative estimate of drug-likeness (QED) is 0.790. The van der Waals surface area contributed by atoms with Crippen LogP contribution in [0.15, 0.2) is 24.3 Å². The van der Waals surface area contributed by atoms with Crippen LogP contribution in [0, 0.1) is 0 Å². The molecule has 2 bridgehead atoms. The van der Waals surface area contributed by atoms with Crippen LogP contribution in [0.3, 0.4) is 0 Å². The molecular formula is C20H28N4O3. The van der Waals surface area contributed by atoms with Gasteiger partial charge in [0, 0.05) is 71.0 Å². The number of piperazine rings is 1. The first-order valence-electron chi connectivity index (χ1n) is 9.91. The second-order valence-electron chi connectivity index (χ2n) is 7.62. The van der Waals surface area contributed by atoms with E-state index in [2.05, 4.69) is 9.80 Å². The van der Waals surface area contributed by atoms with Crippen molar-refractivity contribution in [2.45, 2.75) is 25.8 Å². The predicted molar refractivity (Wildman–Crippen MR) is 103 cm³/mol. The Balaban J connectivity index is 1.34. The van der Waals surface area contributed by atoms with Crippen molar-refractivity contribution >= 4 is 17.7 Å². The average molecular weight is 372 g/mol. The van der Waals surface area contributed by atoms with Gasteiger partial charge >= 0.3 is 6.09 Å². The van der Waals surface area contributed by atoms with Gasteiger partial charge in [-0.05, 0) is 37.1 Å². The van der Waals surface area contributed by atoms with Gasteiger partial charge in [0.25, 0.3) is 0 Å². The highest BCUT2D eigenvalue weighted by atomic mass is 16.6. The summed E-state index contributed by atoms with van der Waals surface area (Å²) in [5.74, 6) is 0.723. The molecule has 5 rings (SSSR count). The van der Waals surface area contributed by atoms with Gasteiger partial charge in [0.05, 0.1) is 0 Å². The third kappa shape index (κ3) is 4.03. The number of nitrogens with zero attached hydrogens (tertiary/aromatic N) is 4. The van der Waals surface area contributed by atoms with Crippen LogP contribution in [-0.2, 0) is 4.79 Å². The first kappa shape index (κ1) is 18.1. The molecule has 4 heterocycles. The van der Waals surface area contributed by atoms with E-state index in [1.54, 1.807) is 6.92 Å². The number of fused-ring (bicyclic) bond motifs is 4.